The highest BCUT2D eigenvalue weighted by Crippen LogP contribution is 2.46. The van der Waals surface area contributed by atoms with Crippen LogP contribution in [0.1, 0.15) is 64.5 Å². The smallest absolute Gasteiger partial charge is 0.224 e. The number of amides is 1. The summed E-state index contributed by atoms with van der Waals surface area (Å²) < 4.78 is 41.2. The Bertz CT molecular complexity index is 1280. The SMILES string of the molecule is C[C@@H](C#N)NC(=O)[C@@H]1C[C@@H](F)CC[C@H]1c1nc(C(C)(C)C)oc1-c1ccccc1N1CCS(=N)(=O)CC1. The molecular formula is C27H36FN5O3S. The van der Waals surface area contributed by atoms with Gasteiger partial charge in [-0.25, -0.2) is 13.6 Å². The highest BCUT2D eigenvalue weighted by molar-refractivity contribution is 7.92. The van der Waals surface area contributed by atoms with Gasteiger partial charge in [0.1, 0.15) is 12.2 Å². The van der Waals surface area contributed by atoms with E-state index in [4.69, 9.17) is 14.2 Å². The summed E-state index contributed by atoms with van der Waals surface area (Å²) in [5.74, 6) is 0.316. The van der Waals surface area contributed by atoms with Crippen molar-refractivity contribution in [2.75, 3.05) is 29.5 Å². The molecule has 2 aromatic rings. The first-order valence-corrected chi connectivity index (χ1v) is 14.7. The summed E-state index contributed by atoms with van der Waals surface area (Å²) in [7, 11) is -2.56. The van der Waals surface area contributed by atoms with Crippen LogP contribution in [0.3, 0.4) is 0 Å². The van der Waals surface area contributed by atoms with E-state index >= 15 is 0 Å². The lowest BCUT2D eigenvalue weighted by Gasteiger charge is -2.33. The van der Waals surface area contributed by atoms with Gasteiger partial charge in [0, 0.05) is 62.8 Å². The third-order valence-electron chi connectivity index (χ3n) is 7.19. The molecular weight excluding hydrogens is 493 g/mol. The minimum atomic E-state index is -2.56. The summed E-state index contributed by atoms with van der Waals surface area (Å²) >= 11 is 0. The molecule has 37 heavy (non-hydrogen) atoms. The van der Waals surface area contributed by atoms with E-state index in [0.717, 1.165) is 11.3 Å². The molecule has 1 aromatic carbocycles. The molecule has 0 spiro atoms. The van der Waals surface area contributed by atoms with Gasteiger partial charge in [-0.2, -0.15) is 5.26 Å². The monoisotopic (exact) mass is 529 g/mol. The zero-order valence-electron chi connectivity index (χ0n) is 21.9. The number of anilines is 1. The van der Waals surface area contributed by atoms with E-state index in [1.165, 1.54) is 0 Å². The van der Waals surface area contributed by atoms with E-state index in [1.807, 2.05) is 51.1 Å². The van der Waals surface area contributed by atoms with Gasteiger partial charge in [0.05, 0.1) is 11.8 Å². The van der Waals surface area contributed by atoms with Crippen LogP contribution in [0.5, 0.6) is 0 Å². The molecule has 2 fully saturated rings. The van der Waals surface area contributed by atoms with Crippen molar-refractivity contribution in [2.24, 2.45) is 5.92 Å². The Balaban J connectivity index is 1.80. The second-order valence-electron chi connectivity index (χ2n) is 11.2. The van der Waals surface area contributed by atoms with Gasteiger partial charge < -0.3 is 14.6 Å². The fourth-order valence-electron chi connectivity index (χ4n) is 5.10. The third-order valence-corrected chi connectivity index (χ3v) is 8.88. The van der Waals surface area contributed by atoms with Gasteiger partial charge in [0.15, 0.2) is 5.76 Å². The zero-order valence-corrected chi connectivity index (χ0v) is 22.7. The molecule has 2 aliphatic rings. The van der Waals surface area contributed by atoms with E-state index in [0.29, 0.717) is 54.8 Å². The van der Waals surface area contributed by atoms with Crippen LogP contribution < -0.4 is 10.2 Å². The average Bonchev–Trinajstić information content (AvgIpc) is 3.30. The minimum absolute atomic E-state index is 0.0669. The van der Waals surface area contributed by atoms with Gasteiger partial charge in [0.25, 0.3) is 0 Å². The summed E-state index contributed by atoms with van der Waals surface area (Å²) in [4.78, 5) is 20.2. The van der Waals surface area contributed by atoms with Gasteiger partial charge in [-0.3, -0.25) is 9.57 Å². The number of nitrogens with zero attached hydrogens (tertiary/aromatic N) is 3. The van der Waals surface area contributed by atoms with Gasteiger partial charge in [-0.15, -0.1) is 0 Å². The van der Waals surface area contributed by atoms with Crippen LogP contribution in [0, 0.1) is 22.0 Å². The van der Waals surface area contributed by atoms with Gasteiger partial charge in [0.2, 0.25) is 11.8 Å². The number of carbonyl (C=O) groups excluding carboxylic acids is 1. The fourth-order valence-corrected chi connectivity index (χ4v) is 6.33. The average molecular weight is 530 g/mol. The quantitative estimate of drug-likeness (QED) is 0.576. The number of halogens is 1. The number of alkyl halides is 1. The number of benzene rings is 1. The fraction of sp³-hybridized carbons (Fsp3) is 0.593. The number of hydrogen-bond acceptors (Lipinski definition) is 7. The third kappa shape index (κ3) is 5.98. The molecule has 0 unspecified atom stereocenters. The normalized spacial score (nSPS) is 24.8. The minimum Gasteiger partial charge on any atom is -0.440 e. The second kappa shape index (κ2) is 10.4. The zero-order chi connectivity index (χ0) is 27.0. The molecule has 1 amide bonds. The van der Waals surface area contributed by atoms with Crippen molar-refractivity contribution in [3.8, 4) is 17.4 Å². The molecule has 2 N–H and O–H groups in total. The standard InChI is InChI=1S/C27H36FN5O3S/c1-17(16-29)31-25(34)21-15-18(28)9-10-19(21)23-24(36-26(32-23)27(2,3)4)20-7-5-6-8-22(20)33-11-13-37(30,35)14-12-33/h5-8,17-19,21,30H,9-15H2,1-4H3,(H,31,34)/t17-,18-,19+,21+/m0/s1. The Morgan fingerprint density at radius 3 is 2.62 bits per heavy atom. The van der Waals surface area contributed by atoms with Crippen LogP contribution in [0.2, 0.25) is 0 Å². The van der Waals surface area contributed by atoms with Crippen LogP contribution in [-0.4, -0.2) is 51.9 Å². The predicted octanol–water partition coefficient (Wildman–Crippen LogP) is 4.76. The molecule has 4 atom stereocenters. The number of oxazole rings is 1. The van der Waals surface area contributed by atoms with Crippen molar-refractivity contribution < 1.29 is 17.8 Å². The van der Waals surface area contributed by atoms with Gasteiger partial charge >= 0.3 is 0 Å². The van der Waals surface area contributed by atoms with E-state index in [1.54, 1.807) is 6.92 Å². The molecule has 1 saturated heterocycles. The van der Waals surface area contributed by atoms with Crippen LogP contribution >= 0.6 is 0 Å². The van der Waals surface area contributed by atoms with Crippen LogP contribution in [0.15, 0.2) is 28.7 Å². The molecule has 8 nitrogen and oxygen atoms in total. The number of rotatable bonds is 5. The number of hydrogen-bond donors (Lipinski definition) is 2. The van der Waals surface area contributed by atoms with Crippen molar-refractivity contribution in [3.63, 3.8) is 0 Å². The summed E-state index contributed by atoms with van der Waals surface area (Å²) in [6, 6.07) is 9.11. The molecule has 2 heterocycles. The maximum absolute atomic E-state index is 14.6. The van der Waals surface area contributed by atoms with Crippen LogP contribution in [0.25, 0.3) is 11.3 Å². The van der Waals surface area contributed by atoms with Crippen molar-refractivity contribution in [3.05, 3.63) is 35.9 Å². The van der Waals surface area contributed by atoms with Gasteiger partial charge in [-0.05, 0) is 38.3 Å². The Kier molecular flexibility index (Phi) is 7.65. The summed E-state index contributed by atoms with van der Waals surface area (Å²) in [5, 5.41) is 11.9. The van der Waals surface area contributed by atoms with Crippen molar-refractivity contribution >= 4 is 21.3 Å². The molecule has 10 heteroatoms. The number of nitriles is 1. The highest BCUT2D eigenvalue weighted by atomic mass is 32.2. The molecule has 0 bridgehead atoms. The van der Waals surface area contributed by atoms with E-state index in [-0.39, 0.29) is 18.2 Å². The lowest BCUT2D eigenvalue weighted by Crippen LogP contribution is -2.42. The molecule has 4 rings (SSSR count). The summed E-state index contributed by atoms with van der Waals surface area (Å²) in [5.41, 5.74) is 1.95. The maximum atomic E-state index is 14.6. The van der Waals surface area contributed by atoms with Gasteiger partial charge in [-0.1, -0.05) is 32.9 Å². The van der Waals surface area contributed by atoms with Crippen molar-refractivity contribution in [1.82, 2.24) is 10.3 Å². The molecule has 200 valence electrons. The number of carbonyl (C=O) groups is 1. The Morgan fingerprint density at radius 2 is 1.97 bits per heavy atom. The van der Waals surface area contributed by atoms with Crippen LogP contribution in [-0.2, 0) is 19.9 Å². The van der Waals surface area contributed by atoms with E-state index in [9.17, 15) is 18.7 Å². The van der Waals surface area contributed by atoms with E-state index < -0.39 is 33.3 Å². The lowest BCUT2D eigenvalue weighted by molar-refractivity contribution is -0.127. The van der Waals surface area contributed by atoms with Crippen LogP contribution in [0.4, 0.5) is 10.1 Å². The Morgan fingerprint density at radius 1 is 1.30 bits per heavy atom. The first-order valence-electron chi connectivity index (χ1n) is 12.8. The Hall–Kier alpha value is -2.93. The first-order chi connectivity index (χ1) is 17.4. The topological polar surface area (TPSA) is 123 Å². The van der Waals surface area contributed by atoms with Crippen molar-refractivity contribution in [1.29, 1.82) is 10.0 Å². The van der Waals surface area contributed by atoms with Crippen molar-refractivity contribution in [2.45, 2.75) is 70.5 Å². The molecule has 1 saturated carbocycles. The lowest BCUT2D eigenvalue weighted by atomic mass is 9.75. The highest BCUT2D eigenvalue weighted by Gasteiger charge is 2.41. The first kappa shape index (κ1) is 27.1. The summed E-state index contributed by atoms with van der Waals surface area (Å²) in [6.45, 7) is 8.62. The second-order valence-corrected chi connectivity index (χ2v) is 13.6. The molecule has 1 aliphatic carbocycles. The van der Waals surface area contributed by atoms with E-state index in [2.05, 4.69) is 10.2 Å². The number of para-hydroxylation sites is 1. The molecule has 0 radical (unpaired) electrons. The number of aromatic nitrogens is 1. The summed E-state index contributed by atoms with van der Waals surface area (Å²) in [6.07, 6.45) is -0.263. The Labute approximate surface area is 218 Å². The molecule has 1 aliphatic heterocycles. The predicted molar refractivity (Wildman–Crippen MR) is 142 cm³/mol. The molecule has 1 aromatic heterocycles. The maximum Gasteiger partial charge on any atom is 0.224 e. The largest absolute Gasteiger partial charge is 0.440 e. The number of nitrogens with one attached hydrogen (secondary N) is 2.